The summed E-state index contributed by atoms with van der Waals surface area (Å²) in [5.74, 6) is 1.13. The zero-order chi connectivity index (χ0) is 19.7. The van der Waals surface area contributed by atoms with E-state index in [0.29, 0.717) is 22.1 Å². The van der Waals surface area contributed by atoms with Crippen molar-refractivity contribution in [3.05, 3.63) is 42.2 Å². The number of hydrogen-bond donors (Lipinski definition) is 4. The summed E-state index contributed by atoms with van der Waals surface area (Å²) in [6, 6.07) is 10.0. The quantitative estimate of drug-likeness (QED) is 0.349. The lowest BCUT2D eigenvalue weighted by Gasteiger charge is -2.16. The molecule has 0 amide bonds. The van der Waals surface area contributed by atoms with Crippen LogP contribution in [-0.4, -0.2) is 66.8 Å². The van der Waals surface area contributed by atoms with Crippen molar-refractivity contribution in [3.63, 3.8) is 0 Å². The number of anilines is 1. The Morgan fingerprint density at radius 3 is 2.64 bits per heavy atom. The number of hydrogen-bond acceptors (Lipinski definition) is 9. The van der Waals surface area contributed by atoms with Gasteiger partial charge in [0.15, 0.2) is 11.9 Å². The van der Waals surface area contributed by atoms with E-state index < -0.39 is 31.1 Å². The molecule has 1 aliphatic heterocycles. The first-order valence-corrected chi connectivity index (χ1v) is 9.82. The molecule has 1 aliphatic rings. The summed E-state index contributed by atoms with van der Waals surface area (Å²) in [7, 11) is 1.72. The summed E-state index contributed by atoms with van der Waals surface area (Å²) in [6.45, 7) is -0.393. The maximum absolute atomic E-state index is 10.3. The van der Waals surface area contributed by atoms with E-state index in [0.717, 1.165) is 11.3 Å². The van der Waals surface area contributed by atoms with Crippen LogP contribution in [-0.2, 0) is 10.5 Å². The Labute approximate surface area is 165 Å². The minimum Gasteiger partial charge on any atom is -0.394 e. The molecule has 3 aromatic rings. The van der Waals surface area contributed by atoms with Gasteiger partial charge in [0.05, 0.1) is 12.9 Å². The highest BCUT2D eigenvalue weighted by molar-refractivity contribution is 7.98. The second-order valence-electron chi connectivity index (χ2n) is 6.43. The number of rotatable bonds is 6. The van der Waals surface area contributed by atoms with Gasteiger partial charge < -0.3 is 25.4 Å². The van der Waals surface area contributed by atoms with Gasteiger partial charge in [-0.1, -0.05) is 42.1 Å². The Balaban J connectivity index is 1.69. The van der Waals surface area contributed by atoms with Gasteiger partial charge in [0, 0.05) is 12.8 Å². The van der Waals surface area contributed by atoms with Gasteiger partial charge in [0.2, 0.25) is 5.95 Å². The molecule has 0 bridgehead atoms. The Hall–Kier alpha value is -2.24. The minimum absolute atomic E-state index is 0.393. The van der Waals surface area contributed by atoms with Crippen LogP contribution in [0.4, 0.5) is 5.95 Å². The number of thioether (sulfide) groups is 1. The van der Waals surface area contributed by atoms with Crippen LogP contribution >= 0.6 is 11.8 Å². The lowest BCUT2D eigenvalue weighted by molar-refractivity contribution is -0.0511. The molecule has 4 atom stereocenters. The summed E-state index contributed by atoms with van der Waals surface area (Å²) in [6.07, 6.45) is -2.65. The fourth-order valence-electron chi connectivity index (χ4n) is 3.13. The molecular weight excluding hydrogens is 382 g/mol. The average molecular weight is 403 g/mol. The van der Waals surface area contributed by atoms with E-state index in [-0.39, 0.29) is 0 Å². The predicted molar refractivity (Wildman–Crippen MR) is 104 cm³/mol. The number of ether oxygens (including phenoxy) is 1. The molecule has 0 radical (unpaired) electrons. The van der Waals surface area contributed by atoms with Crippen LogP contribution in [0, 0.1) is 0 Å². The van der Waals surface area contributed by atoms with Gasteiger partial charge in [-0.05, 0) is 5.56 Å². The molecule has 148 valence electrons. The van der Waals surface area contributed by atoms with Crippen LogP contribution in [0.3, 0.4) is 0 Å². The highest BCUT2D eigenvalue weighted by Gasteiger charge is 2.44. The van der Waals surface area contributed by atoms with Crippen LogP contribution in [0.1, 0.15) is 11.8 Å². The van der Waals surface area contributed by atoms with E-state index in [1.807, 2.05) is 30.3 Å². The lowest BCUT2D eigenvalue weighted by atomic mass is 10.1. The zero-order valence-electron chi connectivity index (χ0n) is 15.1. The topological polar surface area (TPSA) is 126 Å². The number of nitrogens with zero attached hydrogens (tertiary/aromatic N) is 4. The van der Waals surface area contributed by atoms with Crippen LogP contribution in [0.2, 0.25) is 0 Å². The monoisotopic (exact) mass is 403 g/mol. The minimum atomic E-state index is -1.21. The SMILES string of the molecule is CNc1nc(SCc2ccccc2)c2ncn([C@H]3O[C@@H](CO)[C@@H](O)[C@H]3O)c2n1. The van der Waals surface area contributed by atoms with Crippen molar-refractivity contribution in [2.45, 2.75) is 35.3 Å². The molecule has 2 aromatic heterocycles. The number of aliphatic hydroxyl groups excluding tert-OH is 3. The number of benzene rings is 1. The summed E-state index contributed by atoms with van der Waals surface area (Å²) in [5.41, 5.74) is 2.22. The number of aromatic nitrogens is 4. The molecule has 0 unspecified atom stereocenters. The molecule has 3 heterocycles. The molecule has 28 heavy (non-hydrogen) atoms. The van der Waals surface area contributed by atoms with Crippen molar-refractivity contribution in [2.75, 3.05) is 19.0 Å². The maximum atomic E-state index is 10.3. The van der Waals surface area contributed by atoms with Gasteiger partial charge >= 0.3 is 0 Å². The normalized spacial score (nSPS) is 24.7. The lowest BCUT2D eigenvalue weighted by Crippen LogP contribution is -2.33. The largest absolute Gasteiger partial charge is 0.394 e. The molecule has 0 spiro atoms. The third kappa shape index (κ3) is 3.45. The standard InChI is InChI=1S/C18H21N5O4S/c1-19-18-21-15-12(16(22-18)28-8-10-5-3-2-4-6-10)20-9-23(15)17-14(26)13(25)11(7-24)27-17/h2-6,9,11,13-14,17,24-26H,7-8H2,1H3,(H,19,21,22)/t11-,13+,14+,17-/m0/s1. The highest BCUT2D eigenvalue weighted by atomic mass is 32.2. The Morgan fingerprint density at radius 2 is 1.96 bits per heavy atom. The van der Waals surface area contributed by atoms with E-state index in [9.17, 15) is 15.3 Å². The summed E-state index contributed by atoms with van der Waals surface area (Å²) in [5, 5.41) is 33.3. The van der Waals surface area contributed by atoms with Crippen molar-refractivity contribution in [3.8, 4) is 0 Å². The number of imidazole rings is 1. The van der Waals surface area contributed by atoms with Gasteiger partial charge in [-0.15, -0.1) is 0 Å². The molecular formula is C18H21N5O4S. The van der Waals surface area contributed by atoms with Gasteiger partial charge in [-0.25, -0.2) is 9.97 Å². The summed E-state index contributed by atoms with van der Waals surface area (Å²) in [4.78, 5) is 13.4. The molecule has 10 heteroatoms. The van der Waals surface area contributed by atoms with Gasteiger partial charge in [0.25, 0.3) is 0 Å². The van der Waals surface area contributed by atoms with E-state index in [1.54, 1.807) is 11.6 Å². The fourth-order valence-corrected chi connectivity index (χ4v) is 4.05. The first-order chi connectivity index (χ1) is 13.6. The van der Waals surface area contributed by atoms with Crippen molar-refractivity contribution in [1.29, 1.82) is 0 Å². The van der Waals surface area contributed by atoms with E-state index in [2.05, 4.69) is 20.3 Å². The third-order valence-corrected chi connectivity index (χ3v) is 5.66. The average Bonchev–Trinajstić information content (AvgIpc) is 3.28. The fraction of sp³-hybridized carbons (Fsp3) is 0.389. The van der Waals surface area contributed by atoms with E-state index in [4.69, 9.17) is 4.74 Å². The Morgan fingerprint density at radius 1 is 1.18 bits per heavy atom. The molecule has 9 nitrogen and oxygen atoms in total. The molecule has 1 aromatic carbocycles. The number of aliphatic hydroxyl groups is 3. The second kappa shape index (κ2) is 8.02. The van der Waals surface area contributed by atoms with Crippen LogP contribution < -0.4 is 5.32 Å². The summed E-state index contributed by atoms with van der Waals surface area (Å²) >= 11 is 1.54. The van der Waals surface area contributed by atoms with Gasteiger partial charge in [-0.2, -0.15) is 4.98 Å². The van der Waals surface area contributed by atoms with Crippen LogP contribution in [0.25, 0.3) is 11.2 Å². The van der Waals surface area contributed by atoms with E-state index in [1.165, 1.54) is 18.1 Å². The Kier molecular flexibility index (Phi) is 5.47. The van der Waals surface area contributed by atoms with Gasteiger partial charge in [0.1, 0.15) is 28.9 Å². The summed E-state index contributed by atoms with van der Waals surface area (Å²) < 4.78 is 7.18. The van der Waals surface area contributed by atoms with Crippen molar-refractivity contribution >= 4 is 28.9 Å². The molecule has 1 fully saturated rings. The molecule has 4 rings (SSSR count). The highest BCUT2D eigenvalue weighted by Crippen LogP contribution is 2.34. The van der Waals surface area contributed by atoms with Gasteiger partial charge in [-0.3, -0.25) is 4.57 Å². The van der Waals surface area contributed by atoms with E-state index >= 15 is 0 Å². The zero-order valence-corrected chi connectivity index (χ0v) is 16.0. The molecule has 1 saturated heterocycles. The third-order valence-electron chi connectivity index (χ3n) is 4.62. The number of nitrogens with one attached hydrogen (secondary N) is 1. The maximum Gasteiger partial charge on any atom is 0.225 e. The van der Waals surface area contributed by atoms with Crippen molar-refractivity contribution in [2.24, 2.45) is 0 Å². The first kappa shape index (κ1) is 19.1. The number of fused-ring (bicyclic) bond motifs is 1. The molecule has 0 saturated carbocycles. The molecule has 0 aliphatic carbocycles. The predicted octanol–water partition coefficient (Wildman–Crippen LogP) is 0.772. The van der Waals surface area contributed by atoms with Crippen molar-refractivity contribution in [1.82, 2.24) is 19.5 Å². The first-order valence-electron chi connectivity index (χ1n) is 8.84. The van der Waals surface area contributed by atoms with Crippen LogP contribution in [0.5, 0.6) is 0 Å². The van der Waals surface area contributed by atoms with Crippen molar-refractivity contribution < 1.29 is 20.1 Å². The Bertz CT molecular complexity index is 954. The second-order valence-corrected chi connectivity index (χ2v) is 7.39. The van der Waals surface area contributed by atoms with Crippen LogP contribution in [0.15, 0.2) is 41.7 Å². The molecule has 4 N–H and O–H groups in total. The smallest absolute Gasteiger partial charge is 0.225 e.